The number of aryl methyl sites for hydroxylation is 1. The molecule has 2 rings (SSSR count). The van der Waals surface area contributed by atoms with Crippen LogP contribution in [0.25, 0.3) is 0 Å². The van der Waals surface area contributed by atoms with E-state index < -0.39 is 0 Å². The van der Waals surface area contributed by atoms with Crippen LogP contribution in [0.5, 0.6) is 11.5 Å². The molecule has 2 aromatic rings. The molecule has 8 nitrogen and oxygen atoms in total. The van der Waals surface area contributed by atoms with Crippen molar-refractivity contribution in [3.63, 3.8) is 0 Å². The molecular formula is C19H30N6O2. The van der Waals surface area contributed by atoms with Crippen LogP contribution in [-0.4, -0.2) is 66.0 Å². The lowest BCUT2D eigenvalue weighted by atomic mass is 10.3. The van der Waals surface area contributed by atoms with Crippen molar-refractivity contribution in [3.8, 4) is 11.5 Å². The zero-order chi connectivity index (χ0) is 19.5. The summed E-state index contributed by atoms with van der Waals surface area (Å²) in [5, 5.41) is 11.4. The molecule has 1 aromatic heterocycles. The summed E-state index contributed by atoms with van der Waals surface area (Å²) in [6, 6.07) is 7.59. The molecule has 0 unspecified atom stereocenters. The van der Waals surface area contributed by atoms with Crippen molar-refractivity contribution in [2.45, 2.75) is 26.8 Å². The second kappa shape index (κ2) is 11.1. The lowest BCUT2D eigenvalue weighted by Crippen LogP contribution is -2.41. The zero-order valence-corrected chi connectivity index (χ0v) is 16.7. The third kappa shape index (κ3) is 6.47. The van der Waals surface area contributed by atoms with Crippen molar-refractivity contribution >= 4 is 5.96 Å². The smallest absolute Gasteiger partial charge is 0.193 e. The molecule has 0 saturated heterocycles. The highest BCUT2D eigenvalue weighted by molar-refractivity contribution is 5.79. The molecule has 27 heavy (non-hydrogen) atoms. The van der Waals surface area contributed by atoms with Crippen molar-refractivity contribution in [2.24, 2.45) is 4.99 Å². The molecule has 0 bridgehead atoms. The van der Waals surface area contributed by atoms with E-state index in [2.05, 4.69) is 34.3 Å². The molecule has 148 valence electrons. The first-order chi connectivity index (χ1) is 13.2. The van der Waals surface area contributed by atoms with E-state index in [4.69, 9.17) is 14.5 Å². The van der Waals surface area contributed by atoms with Crippen molar-refractivity contribution < 1.29 is 9.47 Å². The van der Waals surface area contributed by atoms with Gasteiger partial charge in [0.05, 0.1) is 20.2 Å². The maximum atomic E-state index is 5.80. The molecule has 0 saturated carbocycles. The van der Waals surface area contributed by atoms with E-state index in [0.717, 1.165) is 49.3 Å². The second-order valence-corrected chi connectivity index (χ2v) is 5.98. The van der Waals surface area contributed by atoms with E-state index in [1.165, 1.54) is 0 Å². The van der Waals surface area contributed by atoms with Gasteiger partial charge in [0.15, 0.2) is 5.96 Å². The van der Waals surface area contributed by atoms with Gasteiger partial charge in [-0.25, -0.2) is 0 Å². The average Bonchev–Trinajstić information content (AvgIpc) is 3.15. The number of likely N-dealkylation sites (N-methyl/N-ethyl adjacent to an activating group) is 1. The summed E-state index contributed by atoms with van der Waals surface area (Å²) < 4.78 is 13.0. The first kappa shape index (κ1) is 20.5. The molecule has 1 N–H and O–H groups in total. The van der Waals surface area contributed by atoms with Gasteiger partial charge in [-0.1, -0.05) is 6.92 Å². The monoisotopic (exact) mass is 374 g/mol. The highest BCUT2D eigenvalue weighted by Crippen LogP contribution is 2.16. The van der Waals surface area contributed by atoms with Crippen LogP contribution >= 0.6 is 0 Å². The molecule has 0 aliphatic heterocycles. The molecular weight excluding hydrogens is 344 g/mol. The van der Waals surface area contributed by atoms with Crippen LogP contribution in [0.3, 0.4) is 0 Å². The number of methoxy groups -OCH3 is 1. The number of hydrogen-bond acceptors (Lipinski definition) is 5. The van der Waals surface area contributed by atoms with E-state index in [9.17, 15) is 0 Å². The summed E-state index contributed by atoms with van der Waals surface area (Å²) in [7, 11) is 3.66. The Morgan fingerprint density at radius 2 is 1.96 bits per heavy atom. The Kier molecular flexibility index (Phi) is 8.41. The molecule has 0 radical (unpaired) electrons. The van der Waals surface area contributed by atoms with Gasteiger partial charge in [-0.05, 0) is 31.2 Å². The lowest BCUT2D eigenvalue weighted by Gasteiger charge is -2.22. The average molecular weight is 374 g/mol. The molecule has 0 amide bonds. The first-order valence-electron chi connectivity index (χ1n) is 9.30. The fourth-order valence-electron chi connectivity index (χ4n) is 2.55. The van der Waals surface area contributed by atoms with Crippen LogP contribution in [0.1, 0.15) is 19.7 Å². The normalized spacial score (nSPS) is 11.3. The number of nitrogens with zero attached hydrogens (tertiary/aromatic N) is 5. The van der Waals surface area contributed by atoms with Crippen LogP contribution < -0.4 is 14.8 Å². The van der Waals surface area contributed by atoms with Gasteiger partial charge in [-0.15, -0.1) is 10.2 Å². The quantitative estimate of drug-likeness (QED) is 0.505. The number of aromatic nitrogens is 3. The molecule has 0 aliphatic carbocycles. The summed E-state index contributed by atoms with van der Waals surface area (Å²) in [6.45, 7) is 7.67. The largest absolute Gasteiger partial charge is 0.497 e. The molecule has 1 heterocycles. The Bertz CT molecular complexity index is 698. The number of ether oxygens (including phenoxy) is 2. The molecule has 0 spiro atoms. The molecule has 1 aromatic carbocycles. The maximum absolute atomic E-state index is 5.80. The molecule has 8 heteroatoms. The lowest BCUT2D eigenvalue weighted by molar-refractivity contribution is 0.281. The Labute approximate surface area is 161 Å². The van der Waals surface area contributed by atoms with Gasteiger partial charge in [0.25, 0.3) is 0 Å². The van der Waals surface area contributed by atoms with Gasteiger partial charge in [0.1, 0.15) is 30.3 Å². The summed E-state index contributed by atoms with van der Waals surface area (Å²) in [5.41, 5.74) is 0. The number of guanidine groups is 1. The standard InChI is InChI=1S/C19H30N6O2/c1-5-18-23-22-15-25(18)12-11-21-19(20-6-2)24(3)13-14-27-17-9-7-16(26-4)8-10-17/h7-10,15H,5-6,11-14H2,1-4H3,(H,20,21). The van der Waals surface area contributed by atoms with Gasteiger partial charge in [-0.2, -0.15) is 0 Å². The van der Waals surface area contributed by atoms with Gasteiger partial charge >= 0.3 is 0 Å². The van der Waals surface area contributed by atoms with Gasteiger partial charge in [0.2, 0.25) is 0 Å². The van der Waals surface area contributed by atoms with Crippen molar-refractivity contribution in [3.05, 3.63) is 36.4 Å². The molecule has 0 atom stereocenters. The number of aliphatic imine (C=N–C) groups is 1. The summed E-state index contributed by atoms with van der Waals surface area (Å²) in [4.78, 5) is 6.76. The van der Waals surface area contributed by atoms with E-state index in [1.54, 1.807) is 13.4 Å². The third-order valence-electron chi connectivity index (χ3n) is 4.07. The topological polar surface area (TPSA) is 76.8 Å². The van der Waals surface area contributed by atoms with Gasteiger partial charge in [-0.3, -0.25) is 4.99 Å². The highest BCUT2D eigenvalue weighted by Gasteiger charge is 2.06. The van der Waals surface area contributed by atoms with E-state index in [-0.39, 0.29) is 0 Å². The number of rotatable bonds is 10. The van der Waals surface area contributed by atoms with E-state index in [1.807, 2.05) is 35.9 Å². The fourth-order valence-corrected chi connectivity index (χ4v) is 2.55. The van der Waals surface area contributed by atoms with Crippen LogP contribution in [0.2, 0.25) is 0 Å². The van der Waals surface area contributed by atoms with Crippen LogP contribution in [0.4, 0.5) is 0 Å². The minimum absolute atomic E-state index is 0.568. The number of nitrogens with one attached hydrogen (secondary N) is 1. The van der Waals surface area contributed by atoms with Gasteiger partial charge in [0, 0.05) is 26.6 Å². The Morgan fingerprint density at radius 3 is 2.63 bits per heavy atom. The number of benzene rings is 1. The minimum Gasteiger partial charge on any atom is -0.497 e. The predicted molar refractivity (Wildman–Crippen MR) is 106 cm³/mol. The van der Waals surface area contributed by atoms with Crippen LogP contribution in [0.15, 0.2) is 35.6 Å². The highest BCUT2D eigenvalue weighted by atomic mass is 16.5. The van der Waals surface area contributed by atoms with Crippen molar-refractivity contribution in [1.82, 2.24) is 25.0 Å². The molecule has 0 aliphatic rings. The number of hydrogen-bond donors (Lipinski definition) is 1. The van der Waals surface area contributed by atoms with E-state index in [0.29, 0.717) is 13.2 Å². The van der Waals surface area contributed by atoms with Crippen LogP contribution in [-0.2, 0) is 13.0 Å². The third-order valence-corrected chi connectivity index (χ3v) is 4.07. The zero-order valence-electron chi connectivity index (χ0n) is 16.7. The Morgan fingerprint density at radius 1 is 1.22 bits per heavy atom. The van der Waals surface area contributed by atoms with Gasteiger partial charge < -0.3 is 24.3 Å². The predicted octanol–water partition coefficient (Wildman–Crippen LogP) is 1.83. The first-order valence-corrected chi connectivity index (χ1v) is 9.30. The second-order valence-electron chi connectivity index (χ2n) is 5.98. The Balaban J connectivity index is 1.82. The summed E-state index contributed by atoms with van der Waals surface area (Å²) >= 11 is 0. The summed E-state index contributed by atoms with van der Waals surface area (Å²) in [5.74, 6) is 3.49. The van der Waals surface area contributed by atoms with E-state index >= 15 is 0 Å². The molecule has 0 fully saturated rings. The minimum atomic E-state index is 0.568. The SMILES string of the molecule is CCNC(=NCCn1cnnc1CC)N(C)CCOc1ccc(OC)cc1. The van der Waals surface area contributed by atoms with Crippen molar-refractivity contribution in [2.75, 3.05) is 40.4 Å². The maximum Gasteiger partial charge on any atom is 0.193 e. The Hall–Kier alpha value is -2.77. The van der Waals surface area contributed by atoms with Crippen LogP contribution in [0, 0.1) is 0 Å². The summed E-state index contributed by atoms with van der Waals surface area (Å²) in [6.07, 6.45) is 2.63. The van der Waals surface area contributed by atoms with Crippen molar-refractivity contribution in [1.29, 1.82) is 0 Å². The fraction of sp³-hybridized carbons (Fsp3) is 0.526.